The van der Waals surface area contributed by atoms with Crippen molar-refractivity contribution in [2.75, 3.05) is 18.1 Å². The van der Waals surface area contributed by atoms with E-state index in [4.69, 9.17) is 5.73 Å². The fraction of sp³-hybridized carbons (Fsp3) is 0.250. The monoisotopic (exact) mass is 264 g/mol. The third kappa shape index (κ3) is 3.44. The highest BCUT2D eigenvalue weighted by Gasteiger charge is 2.20. The lowest BCUT2D eigenvalue weighted by molar-refractivity contribution is -0.419. The first-order chi connectivity index (χ1) is 8.86. The van der Waals surface area contributed by atoms with E-state index in [1.165, 1.54) is 7.05 Å². The van der Waals surface area contributed by atoms with Crippen molar-refractivity contribution in [2.24, 2.45) is 0 Å². The molecule has 0 atom stereocenters. The molecule has 1 aromatic carbocycles. The van der Waals surface area contributed by atoms with Crippen LogP contribution in [0.2, 0.25) is 0 Å². The Morgan fingerprint density at radius 1 is 1.37 bits per heavy atom. The van der Waals surface area contributed by atoms with Crippen LogP contribution in [0.4, 0.5) is 11.4 Å². The normalized spacial score (nSPS) is 11.0. The van der Waals surface area contributed by atoms with Gasteiger partial charge in [0.2, 0.25) is 0 Å². The molecule has 0 aliphatic rings. The number of amides is 1. The molecule has 0 unspecified atom stereocenters. The Bertz CT molecular complexity index is 552. The van der Waals surface area contributed by atoms with E-state index in [0.717, 1.165) is 17.3 Å². The molecule has 1 rings (SSSR count). The summed E-state index contributed by atoms with van der Waals surface area (Å²) >= 11 is 0. The lowest BCUT2D eigenvalue weighted by Gasteiger charge is -2.09. The Morgan fingerprint density at radius 2 is 1.95 bits per heavy atom. The zero-order chi connectivity index (χ0) is 14.6. The van der Waals surface area contributed by atoms with Gasteiger partial charge in [0.1, 0.15) is 0 Å². The zero-order valence-electron chi connectivity index (χ0n) is 11.0. The van der Waals surface area contributed by atoms with Crippen molar-refractivity contribution in [1.29, 1.82) is 0 Å². The fourth-order valence-corrected chi connectivity index (χ4v) is 1.44. The number of carbonyl (C=O) groups is 1. The summed E-state index contributed by atoms with van der Waals surface area (Å²) in [7, 11) is 1.32. The van der Waals surface area contributed by atoms with Crippen LogP contribution in [0.15, 0.2) is 24.0 Å². The topological polar surface area (TPSA) is 110 Å². The van der Waals surface area contributed by atoms with Gasteiger partial charge in [0, 0.05) is 7.05 Å². The van der Waals surface area contributed by atoms with Crippen LogP contribution in [-0.4, -0.2) is 17.9 Å². The van der Waals surface area contributed by atoms with E-state index in [-0.39, 0.29) is 0 Å². The predicted molar refractivity (Wildman–Crippen MR) is 73.1 cm³/mol. The molecule has 7 nitrogen and oxygen atoms in total. The number of hydrogen-bond acceptors (Lipinski definition) is 5. The number of rotatable bonds is 4. The van der Waals surface area contributed by atoms with Crippen molar-refractivity contribution < 1.29 is 9.72 Å². The van der Waals surface area contributed by atoms with Crippen molar-refractivity contribution in [3.05, 3.63) is 45.3 Å². The maximum absolute atomic E-state index is 11.3. The quantitative estimate of drug-likeness (QED) is 0.327. The maximum atomic E-state index is 11.3. The highest BCUT2D eigenvalue weighted by Crippen LogP contribution is 2.23. The Balaban J connectivity index is 3.05. The SMILES string of the molecule is CNC(=O)/C(=C\Nc1cc(C)c(C)cc1N)[N+](=O)[O-]. The minimum Gasteiger partial charge on any atom is -0.397 e. The van der Waals surface area contributed by atoms with Crippen LogP contribution < -0.4 is 16.4 Å². The van der Waals surface area contributed by atoms with Crippen LogP contribution in [-0.2, 0) is 4.79 Å². The van der Waals surface area contributed by atoms with E-state index in [2.05, 4.69) is 10.6 Å². The van der Waals surface area contributed by atoms with Crippen LogP contribution in [0.5, 0.6) is 0 Å². The number of nitrogens with one attached hydrogen (secondary N) is 2. The van der Waals surface area contributed by atoms with E-state index >= 15 is 0 Å². The summed E-state index contributed by atoms with van der Waals surface area (Å²) in [5, 5.41) is 15.6. The van der Waals surface area contributed by atoms with Crippen LogP contribution >= 0.6 is 0 Å². The minimum atomic E-state index is -0.778. The lowest BCUT2D eigenvalue weighted by Crippen LogP contribution is -2.25. The van der Waals surface area contributed by atoms with Crippen molar-refractivity contribution in [3.63, 3.8) is 0 Å². The molecule has 0 saturated heterocycles. The van der Waals surface area contributed by atoms with Gasteiger partial charge in [-0.15, -0.1) is 0 Å². The number of likely N-dealkylation sites (N-methyl/N-ethyl adjacent to an activating group) is 1. The third-order valence-electron chi connectivity index (χ3n) is 2.69. The fourth-order valence-electron chi connectivity index (χ4n) is 1.44. The summed E-state index contributed by atoms with van der Waals surface area (Å²) in [5.41, 5.74) is 8.21. The van der Waals surface area contributed by atoms with Gasteiger partial charge in [-0.2, -0.15) is 0 Å². The van der Waals surface area contributed by atoms with Gasteiger partial charge < -0.3 is 16.4 Å². The Hall–Kier alpha value is -2.57. The number of anilines is 2. The second-order valence-corrected chi connectivity index (χ2v) is 4.03. The summed E-state index contributed by atoms with van der Waals surface area (Å²) in [6, 6.07) is 3.53. The first-order valence-corrected chi connectivity index (χ1v) is 5.56. The average Bonchev–Trinajstić information content (AvgIpc) is 2.34. The van der Waals surface area contributed by atoms with Gasteiger partial charge in [-0.25, -0.2) is 0 Å². The van der Waals surface area contributed by atoms with E-state index in [1.54, 1.807) is 12.1 Å². The molecule has 0 aromatic heterocycles. The first-order valence-electron chi connectivity index (χ1n) is 5.56. The molecule has 0 saturated carbocycles. The molecular formula is C12H16N4O3. The average molecular weight is 264 g/mol. The Morgan fingerprint density at radius 3 is 2.47 bits per heavy atom. The van der Waals surface area contributed by atoms with Gasteiger partial charge in [-0.3, -0.25) is 14.9 Å². The van der Waals surface area contributed by atoms with Crippen LogP contribution in [0.25, 0.3) is 0 Å². The summed E-state index contributed by atoms with van der Waals surface area (Å²) in [6.07, 6.45) is 1.03. The summed E-state index contributed by atoms with van der Waals surface area (Å²) in [5.74, 6) is -0.778. The number of nitrogen functional groups attached to an aromatic ring is 1. The summed E-state index contributed by atoms with van der Waals surface area (Å²) in [6.45, 7) is 3.81. The van der Waals surface area contributed by atoms with Crippen LogP contribution in [0, 0.1) is 24.0 Å². The number of hydrogen-bond donors (Lipinski definition) is 3. The highest BCUT2D eigenvalue weighted by atomic mass is 16.6. The second-order valence-electron chi connectivity index (χ2n) is 4.03. The van der Waals surface area contributed by atoms with Crippen molar-refractivity contribution in [2.45, 2.75) is 13.8 Å². The van der Waals surface area contributed by atoms with Crippen molar-refractivity contribution in [3.8, 4) is 0 Å². The molecule has 0 bridgehead atoms. The largest absolute Gasteiger partial charge is 0.397 e. The Labute approximate surface area is 110 Å². The van der Waals surface area contributed by atoms with Crippen LogP contribution in [0.3, 0.4) is 0 Å². The maximum Gasteiger partial charge on any atom is 0.349 e. The molecule has 102 valence electrons. The number of nitrogens with zero attached hydrogens (tertiary/aromatic N) is 1. The smallest absolute Gasteiger partial charge is 0.349 e. The number of carbonyl (C=O) groups excluding carboxylic acids is 1. The van der Waals surface area contributed by atoms with E-state index < -0.39 is 16.5 Å². The molecular weight excluding hydrogens is 248 g/mol. The lowest BCUT2D eigenvalue weighted by atomic mass is 10.1. The van der Waals surface area contributed by atoms with Crippen LogP contribution in [0.1, 0.15) is 11.1 Å². The summed E-state index contributed by atoms with van der Waals surface area (Å²) in [4.78, 5) is 21.3. The number of aryl methyl sites for hydroxylation is 2. The van der Waals surface area contributed by atoms with Gasteiger partial charge in [-0.1, -0.05) is 0 Å². The molecule has 1 amide bonds. The molecule has 1 aromatic rings. The number of benzene rings is 1. The second kappa shape index (κ2) is 5.85. The van der Waals surface area contributed by atoms with E-state index in [0.29, 0.717) is 11.4 Å². The van der Waals surface area contributed by atoms with E-state index in [1.807, 2.05) is 13.8 Å². The third-order valence-corrected chi connectivity index (χ3v) is 2.69. The number of nitrogens with two attached hydrogens (primary N) is 1. The Kier molecular flexibility index (Phi) is 4.46. The first kappa shape index (κ1) is 14.5. The molecule has 0 heterocycles. The van der Waals surface area contributed by atoms with Gasteiger partial charge in [0.25, 0.3) is 0 Å². The van der Waals surface area contributed by atoms with Gasteiger partial charge in [-0.05, 0) is 37.1 Å². The predicted octanol–water partition coefficient (Wildman–Crippen LogP) is 1.16. The standard InChI is InChI=1S/C12H16N4O3/c1-7-4-9(13)10(5-8(7)2)15-6-11(16(18)19)12(17)14-3/h4-6,15H,13H2,1-3H3,(H,14,17)/b11-6+. The number of nitro groups is 1. The highest BCUT2D eigenvalue weighted by molar-refractivity contribution is 5.91. The molecule has 19 heavy (non-hydrogen) atoms. The molecule has 0 radical (unpaired) electrons. The van der Waals surface area contributed by atoms with Crippen molar-refractivity contribution >= 4 is 17.3 Å². The van der Waals surface area contributed by atoms with Crippen molar-refractivity contribution in [1.82, 2.24) is 5.32 Å². The molecule has 0 aliphatic carbocycles. The molecule has 0 fully saturated rings. The van der Waals surface area contributed by atoms with Gasteiger partial charge >= 0.3 is 11.6 Å². The molecule has 7 heteroatoms. The van der Waals surface area contributed by atoms with Gasteiger partial charge in [0.05, 0.1) is 22.5 Å². The summed E-state index contributed by atoms with van der Waals surface area (Å²) < 4.78 is 0. The van der Waals surface area contributed by atoms with E-state index in [9.17, 15) is 14.9 Å². The molecule has 0 aliphatic heterocycles. The zero-order valence-corrected chi connectivity index (χ0v) is 11.0. The van der Waals surface area contributed by atoms with Gasteiger partial charge in [0.15, 0.2) is 0 Å². The molecule has 0 spiro atoms. The molecule has 4 N–H and O–H groups in total. The minimum absolute atomic E-state index is 0.457.